The second kappa shape index (κ2) is 23.0. The van der Waals surface area contributed by atoms with Gasteiger partial charge in [-0.2, -0.15) is 0 Å². The highest BCUT2D eigenvalue weighted by molar-refractivity contribution is 5.82. The molecule has 0 aromatic carbocycles. The van der Waals surface area contributed by atoms with Gasteiger partial charge in [0.15, 0.2) is 0 Å². The average Bonchev–Trinajstić information content (AvgIpc) is 2.91. The van der Waals surface area contributed by atoms with Crippen molar-refractivity contribution in [2.24, 2.45) is 11.8 Å². The fourth-order valence-electron chi connectivity index (χ4n) is 5.19. The SMILES string of the molecule is CC(C)[C@@H]1OC(=O)\C=C/C=C\C=C/C=C\C=C/C[C@@H](O)C[C@@H](O)C[C@H](O)C[C@@H](O)C[C@H](O)C[C@@H](O)C[C@H](O)C[C@@H](O)/C=C\[C@H]1C. The second-order valence-corrected chi connectivity index (χ2v) is 12.4. The van der Waals surface area contributed by atoms with Crippen LogP contribution in [-0.2, 0) is 9.53 Å². The molecule has 1 rings (SSSR count). The summed E-state index contributed by atoms with van der Waals surface area (Å²) in [5, 5.41) is 82.4. The number of carbonyl (C=O) groups excluding carboxylic acids is 1. The standard InChI is InChI=1S/C35H56O10/c1-24(2)35-25(3)15-16-27(37)18-29(39)20-31(41)22-33(43)23-32(42)21-30(40)19-28(38)17-26(36)13-11-9-7-5-4-6-8-10-12-14-34(44)45-35/h4-12,14-16,24-33,35-43H,13,17-23H2,1-3H3/b6-4-,7-5-,10-8-,11-9-,14-12-,16-15-/t25-,26-,27+,28-,29-,30+,31+,32-,33-,35+/m1/s1. The number of ether oxygens (including phenoxy) is 1. The van der Waals surface area contributed by atoms with Crippen molar-refractivity contribution in [3.05, 3.63) is 72.9 Å². The first-order valence-corrected chi connectivity index (χ1v) is 15.9. The summed E-state index contributed by atoms with van der Waals surface area (Å²) in [5.41, 5.74) is 0. The van der Waals surface area contributed by atoms with E-state index < -0.39 is 60.9 Å². The molecule has 0 unspecified atom stereocenters. The number of aliphatic hydroxyl groups is 8. The van der Waals surface area contributed by atoms with E-state index in [-0.39, 0.29) is 56.8 Å². The molecule has 10 heteroatoms. The summed E-state index contributed by atoms with van der Waals surface area (Å²) in [7, 11) is 0. The lowest BCUT2D eigenvalue weighted by molar-refractivity contribution is -0.147. The number of hydrogen-bond donors (Lipinski definition) is 8. The Balaban J connectivity index is 2.93. The van der Waals surface area contributed by atoms with Crippen LogP contribution < -0.4 is 0 Å². The first-order valence-electron chi connectivity index (χ1n) is 15.9. The number of aliphatic hydroxyl groups excluding tert-OH is 8. The molecule has 0 bridgehead atoms. The maximum Gasteiger partial charge on any atom is 0.331 e. The van der Waals surface area contributed by atoms with Crippen molar-refractivity contribution in [3.63, 3.8) is 0 Å². The van der Waals surface area contributed by atoms with E-state index >= 15 is 0 Å². The lowest BCUT2D eigenvalue weighted by Crippen LogP contribution is -2.30. The summed E-state index contributed by atoms with van der Waals surface area (Å²) in [6.45, 7) is 5.72. The van der Waals surface area contributed by atoms with Crippen molar-refractivity contribution in [1.29, 1.82) is 0 Å². The van der Waals surface area contributed by atoms with Crippen molar-refractivity contribution >= 4 is 5.97 Å². The Hall–Kier alpha value is -2.41. The summed E-state index contributed by atoms with van der Waals surface area (Å²) in [5.74, 6) is -0.714. The molecule has 10 nitrogen and oxygen atoms in total. The lowest BCUT2D eigenvalue weighted by atomic mass is 9.93. The minimum Gasteiger partial charge on any atom is -0.458 e. The van der Waals surface area contributed by atoms with Gasteiger partial charge in [-0.05, 0) is 50.9 Å². The van der Waals surface area contributed by atoms with Crippen LogP contribution >= 0.6 is 0 Å². The Morgan fingerprint density at radius 1 is 0.578 bits per heavy atom. The van der Waals surface area contributed by atoms with Crippen LogP contribution in [0.4, 0.5) is 0 Å². The van der Waals surface area contributed by atoms with Gasteiger partial charge in [0.25, 0.3) is 0 Å². The molecule has 1 heterocycles. The summed E-state index contributed by atoms with van der Waals surface area (Å²) < 4.78 is 5.64. The van der Waals surface area contributed by atoms with Gasteiger partial charge >= 0.3 is 5.97 Å². The summed E-state index contributed by atoms with van der Waals surface area (Å²) in [6.07, 6.45) is 11.4. The van der Waals surface area contributed by atoms with E-state index in [1.54, 1.807) is 60.8 Å². The van der Waals surface area contributed by atoms with Gasteiger partial charge in [-0.25, -0.2) is 4.79 Å². The van der Waals surface area contributed by atoms with Crippen LogP contribution in [-0.4, -0.2) is 102 Å². The zero-order chi connectivity index (χ0) is 33.8. The van der Waals surface area contributed by atoms with Gasteiger partial charge in [0, 0.05) is 18.4 Å². The predicted octanol–water partition coefficient (Wildman–Crippen LogP) is 2.55. The number of carbonyl (C=O) groups is 1. The van der Waals surface area contributed by atoms with Gasteiger partial charge < -0.3 is 45.6 Å². The molecule has 1 aliphatic rings. The van der Waals surface area contributed by atoms with Crippen LogP contribution in [0.15, 0.2) is 72.9 Å². The third-order valence-corrected chi connectivity index (χ3v) is 7.40. The molecule has 1 aliphatic heterocycles. The van der Waals surface area contributed by atoms with Crippen LogP contribution in [0.5, 0.6) is 0 Å². The topological polar surface area (TPSA) is 188 Å². The Morgan fingerprint density at radius 3 is 1.44 bits per heavy atom. The molecule has 0 saturated heterocycles. The number of rotatable bonds is 1. The van der Waals surface area contributed by atoms with Gasteiger partial charge in [0.1, 0.15) is 6.10 Å². The van der Waals surface area contributed by atoms with Crippen LogP contribution in [0.25, 0.3) is 0 Å². The zero-order valence-corrected chi connectivity index (χ0v) is 26.8. The lowest BCUT2D eigenvalue weighted by Gasteiger charge is -2.25. The molecule has 0 aromatic rings. The van der Waals surface area contributed by atoms with Crippen LogP contribution in [0.1, 0.15) is 72.1 Å². The molecule has 0 fully saturated rings. The van der Waals surface area contributed by atoms with E-state index in [0.29, 0.717) is 6.42 Å². The number of esters is 1. The predicted molar refractivity (Wildman–Crippen MR) is 174 cm³/mol. The molecule has 45 heavy (non-hydrogen) atoms. The van der Waals surface area contributed by atoms with Crippen molar-refractivity contribution < 1.29 is 50.4 Å². The molecule has 0 aromatic heterocycles. The van der Waals surface area contributed by atoms with Crippen LogP contribution in [0.2, 0.25) is 0 Å². The number of hydrogen-bond acceptors (Lipinski definition) is 10. The second-order valence-electron chi connectivity index (χ2n) is 12.4. The van der Waals surface area contributed by atoms with Gasteiger partial charge in [0.05, 0.1) is 48.8 Å². The molecule has 0 saturated carbocycles. The largest absolute Gasteiger partial charge is 0.458 e. The third kappa shape index (κ3) is 20.4. The van der Waals surface area contributed by atoms with Gasteiger partial charge in [-0.1, -0.05) is 87.6 Å². The Bertz CT molecular complexity index is 985. The fourth-order valence-corrected chi connectivity index (χ4v) is 5.19. The minimum atomic E-state index is -1.10. The van der Waals surface area contributed by atoms with Gasteiger partial charge in [-0.3, -0.25) is 0 Å². The monoisotopic (exact) mass is 636 g/mol. The Labute approximate surface area is 268 Å². The molecule has 10 atom stereocenters. The highest BCUT2D eigenvalue weighted by atomic mass is 16.5. The molecular formula is C35H56O10. The van der Waals surface area contributed by atoms with E-state index in [0.717, 1.165) is 0 Å². The number of allylic oxidation sites excluding steroid dienone is 8. The normalized spacial score (nSPS) is 39.3. The highest BCUT2D eigenvalue weighted by Gasteiger charge is 2.25. The van der Waals surface area contributed by atoms with E-state index in [4.69, 9.17) is 4.74 Å². The minimum absolute atomic E-state index is 0.00472. The summed E-state index contributed by atoms with van der Waals surface area (Å²) >= 11 is 0. The summed E-state index contributed by atoms with van der Waals surface area (Å²) in [6, 6.07) is 0. The molecule has 0 spiro atoms. The van der Waals surface area contributed by atoms with E-state index in [2.05, 4.69) is 0 Å². The van der Waals surface area contributed by atoms with Crippen molar-refractivity contribution in [2.45, 2.75) is 127 Å². The molecule has 256 valence electrons. The van der Waals surface area contributed by atoms with Crippen LogP contribution in [0.3, 0.4) is 0 Å². The fraction of sp³-hybridized carbons (Fsp3) is 0.629. The first-order chi connectivity index (χ1) is 21.3. The maximum atomic E-state index is 12.4. The Kier molecular flexibility index (Phi) is 20.8. The smallest absolute Gasteiger partial charge is 0.331 e. The van der Waals surface area contributed by atoms with E-state index in [9.17, 15) is 45.6 Å². The molecule has 8 N–H and O–H groups in total. The first kappa shape index (κ1) is 40.6. The van der Waals surface area contributed by atoms with Crippen molar-refractivity contribution in [1.82, 2.24) is 0 Å². The maximum absolute atomic E-state index is 12.4. The third-order valence-electron chi connectivity index (χ3n) is 7.40. The Morgan fingerprint density at radius 2 is 0.978 bits per heavy atom. The van der Waals surface area contributed by atoms with Crippen molar-refractivity contribution in [3.8, 4) is 0 Å². The van der Waals surface area contributed by atoms with Gasteiger partial charge in [-0.15, -0.1) is 0 Å². The van der Waals surface area contributed by atoms with Crippen LogP contribution in [0, 0.1) is 11.8 Å². The number of cyclic esters (lactones) is 1. The van der Waals surface area contributed by atoms with Crippen molar-refractivity contribution in [2.75, 3.05) is 0 Å². The molecular weight excluding hydrogens is 580 g/mol. The van der Waals surface area contributed by atoms with Gasteiger partial charge in [0.2, 0.25) is 0 Å². The quantitative estimate of drug-likeness (QED) is 0.157. The molecule has 0 aliphatic carbocycles. The molecule has 0 amide bonds. The average molecular weight is 637 g/mol. The highest BCUT2D eigenvalue weighted by Crippen LogP contribution is 2.20. The summed E-state index contributed by atoms with van der Waals surface area (Å²) in [4.78, 5) is 12.4. The molecule has 0 radical (unpaired) electrons. The van der Waals surface area contributed by atoms with E-state index in [1.807, 2.05) is 20.8 Å². The van der Waals surface area contributed by atoms with E-state index in [1.165, 1.54) is 12.2 Å². The zero-order valence-electron chi connectivity index (χ0n) is 26.8.